The van der Waals surface area contributed by atoms with Crippen molar-refractivity contribution in [3.05, 3.63) is 6.20 Å². The minimum Gasteiger partial charge on any atom is -0.381 e. The Kier molecular flexibility index (Phi) is 3.88. The normalized spacial score (nSPS) is 20.7. The second-order valence-corrected chi connectivity index (χ2v) is 7.39. The van der Waals surface area contributed by atoms with Crippen LogP contribution in [0, 0.1) is 0 Å². The van der Waals surface area contributed by atoms with Crippen LogP contribution in [0.3, 0.4) is 0 Å². The smallest absolute Gasteiger partial charge is 0.248 e. The predicted octanol–water partition coefficient (Wildman–Crippen LogP) is 0.611. The fourth-order valence-electron chi connectivity index (χ4n) is 1.94. The highest BCUT2D eigenvalue weighted by molar-refractivity contribution is 7.99. The second-order valence-electron chi connectivity index (χ2n) is 4.27. The predicted molar refractivity (Wildman–Crippen MR) is 73.0 cm³/mol. The minimum absolute atomic E-state index is 0.0596. The van der Waals surface area contributed by atoms with Gasteiger partial charge in [0.05, 0.1) is 0 Å². The molecule has 18 heavy (non-hydrogen) atoms. The van der Waals surface area contributed by atoms with Crippen molar-refractivity contribution < 1.29 is 8.42 Å². The molecule has 0 spiro atoms. The molecule has 1 aromatic rings. The van der Waals surface area contributed by atoms with E-state index in [4.69, 9.17) is 5.73 Å². The average Bonchev–Trinajstić information content (AvgIpc) is 2.96. The number of hydrogen-bond donors (Lipinski definition) is 1. The number of thioether (sulfide) groups is 1. The molecule has 8 heteroatoms. The number of anilines is 1. The van der Waals surface area contributed by atoms with Crippen LogP contribution in [0.4, 0.5) is 5.82 Å². The highest BCUT2D eigenvalue weighted by Crippen LogP contribution is 2.28. The summed E-state index contributed by atoms with van der Waals surface area (Å²) in [5.41, 5.74) is 5.70. The zero-order chi connectivity index (χ0) is 13.3. The molecule has 1 unspecified atom stereocenters. The summed E-state index contributed by atoms with van der Waals surface area (Å²) in [6.07, 6.45) is 2.39. The van der Waals surface area contributed by atoms with Gasteiger partial charge in [0.15, 0.2) is 5.82 Å². The third-order valence-electron chi connectivity index (χ3n) is 3.16. The van der Waals surface area contributed by atoms with Crippen LogP contribution in [0.1, 0.15) is 13.3 Å². The van der Waals surface area contributed by atoms with Gasteiger partial charge in [-0.1, -0.05) is 0 Å². The molecule has 2 heterocycles. The highest BCUT2D eigenvalue weighted by atomic mass is 32.2. The van der Waals surface area contributed by atoms with Crippen LogP contribution < -0.4 is 5.73 Å². The van der Waals surface area contributed by atoms with Gasteiger partial charge in [-0.2, -0.15) is 21.2 Å². The van der Waals surface area contributed by atoms with E-state index in [1.807, 2.05) is 6.92 Å². The zero-order valence-electron chi connectivity index (χ0n) is 10.5. The Hall–Kier alpha value is -0.730. The summed E-state index contributed by atoms with van der Waals surface area (Å²) in [4.78, 5) is 0.115. The molecular weight excluding hydrogens is 272 g/mol. The summed E-state index contributed by atoms with van der Waals surface area (Å²) in [6.45, 7) is 2.49. The number of rotatable bonds is 4. The van der Waals surface area contributed by atoms with Crippen molar-refractivity contribution in [1.29, 1.82) is 0 Å². The molecular formula is C10H18N4O2S2. The third-order valence-corrected chi connectivity index (χ3v) is 6.23. The molecule has 6 nitrogen and oxygen atoms in total. The molecule has 1 aromatic heterocycles. The maximum Gasteiger partial charge on any atom is 0.248 e. The van der Waals surface area contributed by atoms with Gasteiger partial charge >= 0.3 is 0 Å². The van der Waals surface area contributed by atoms with Crippen molar-refractivity contribution in [3.63, 3.8) is 0 Å². The Morgan fingerprint density at radius 1 is 1.67 bits per heavy atom. The van der Waals surface area contributed by atoms with Crippen LogP contribution in [0.25, 0.3) is 0 Å². The molecule has 2 N–H and O–H groups in total. The fourth-order valence-corrected chi connectivity index (χ4v) is 4.74. The van der Waals surface area contributed by atoms with Gasteiger partial charge in [-0.05, 0) is 19.1 Å². The van der Waals surface area contributed by atoms with Crippen LogP contribution in [0.15, 0.2) is 11.1 Å². The van der Waals surface area contributed by atoms with Gasteiger partial charge in [-0.25, -0.2) is 8.42 Å². The maximum absolute atomic E-state index is 12.5. The lowest BCUT2D eigenvalue weighted by Crippen LogP contribution is -2.37. The van der Waals surface area contributed by atoms with Gasteiger partial charge in [-0.3, -0.25) is 4.68 Å². The Balaban J connectivity index is 2.31. The van der Waals surface area contributed by atoms with E-state index in [1.54, 1.807) is 23.5 Å². The summed E-state index contributed by atoms with van der Waals surface area (Å²) in [6, 6.07) is 0.0596. The van der Waals surface area contributed by atoms with E-state index < -0.39 is 10.0 Å². The van der Waals surface area contributed by atoms with Crippen molar-refractivity contribution >= 4 is 27.6 Å². The van der Waals surface area contributed by atoms with Crippen molar-refractivity contribution in [2.75, 3.05) is 24.3 Å². The number of hydrogen-bond acceptors (Lipinski definition) is 5. The molecule has 1 aliphatic rings. The molecule has 1 aliphatic heterocycles. The van der Waals surface area contributed by atoms with Crippen LogP contribution in [-0.4, -0.2) is 47.1 Å². The van der Waals surface area contributed by atoms with Gasteiger partial charge in [-0.15, -0.1) is 0 Å². The summed E-state index contributed by atoms with van der Waals surface area (Å²) in [7, 11) is -1.91. The largest absolute Gasteiger partial charge is 0.381 e. The maximum atomic E-state index is 12.5. The Morgan fingerprint density at radius 3 is 2.89 bits per heavy atom. The Bertz CT molecular complexity index is 520. The molecule has 0 amide bonds. The molecule has 0 radical (unpaired) electrons. The molecule has 0 bridgehead atoms. The topological polar surface area (TPSA) is 81.2 Å². The first-order chi connectivity index (χ1) is 8.46. The molecule has 102 valence electrons. The minimum atomic E-state index is -3.53. The van der Waals surface area contributed by atoms with Crippen LogP contribution in [0.2, 0.25) is 0 Å². The van der Waals surface area contributed by atoms with E-state index in [9.17, 15) is 8.42 Å². The van der Waals surface area contributed by atoms with Crippen LogP contribution in [-0.2, 0) is 16.6 Å². The van der Waals surface area contributed by atoms with Gasteiger partial charge < -0.3 is 5.73 Å². The number of nitrogen functional groups attached to an aromatic ring is 1. The lowest BCUT2D eigenvalue weighted by molar-refractivity contribution is 0.395. The molecule has 1 fully saturated rings. The van der Waals surface area contributed by atoms with E-state index >= 15 is 0 Å². The van der Waals surface area contributed by atoms with E-state index in [0.717, 1.165) is 17.9 Å². The highest BCUT2D eigenvalue weighted by Gasteiger charge is 2.32. The second kappa shape index (κ2) is 5.10. The molecule has 0 saturated carbocycles. The average molecular weight is 290 g/mol. The first-order valence-corrected chi connectivity index (χ1v) is 8.45. The number of sulfonamides is 1. The summed E-state index contributed by atoms with van der Waals surface area (Å²) in [5.74, 6) is 1.93. The van der Waals surface area contributed by atoms with Gasteiger partial charge in [0.1, 0.15) is 4.90 Å². The number of aromatic nitrogens is 2. The van der Waals surface area contributed by atoms with Crippen LogP contribution in [0.5, 0.6) is 0 Å². The van der Waals surface area contributed by atoms with Gasteiger partial charge in [0.25, 0.3) is 0 Å². The lowest BCUT2D eigenvalue weighted by atomic mass is 10.3. The SMILES string of the molecule is CCn1cc(S(=O)(=O)N(C)C2CCSC2)c(N)n1. The van der Waals surface area contributed by atoms with E-state index in [-0.39, 0.29) is 16.8 Å². The fraction of sp³-hybridized carbons (Fsp3) is 0.700. The van der Waals surface area contributed by atoms with Crippen molar-refractivity contribution in [3.8, 4) is 0 Å². The summed E-state index contributed by atoms with van der Waals surface area (Å²) < 4.78 is 27.9. The van der Waals surface area contributed by atoms with E-state index in [0.29, 0.717) is 6.54 Å². The molecule has 2 rings (SSSR count). The Morgan fingerprint density at radius 2 is 2.39 bits per heavy atom. The summed E-state index contributed by atoms with van der Waals surface area (Å²) >= 11 is 1.78. The first-order valence-electron chi connectivity index (χ1n) is 5.85. The van der Waals surface area contributed by atoms with Gasteiger partial charge in [0, 0.05) is 31.6 Å². The van der Waals surface area contributed by atoms with Crippen LogP contribution >= 0.6 is 11.8 Å². The molecule has 1 atom stereocenters. The Labute approximate surface area is 112 Å². The number of nitrogens with zero attached hydrogens (tertiary/aromatic N) is 3. The van der Waals surface area contributed by atoms with Crippen molar-refractivity contribution in [2.24, 2.45) is 0 Å². The molecule has 0 aliphatic carbocycles. The lowest BCUT2D eigenvalue weighted by Gasteiger charge is -2.22. The molecule has 1 saturated heterocycles. The number of nitrogens with two attached hydrogens (primary N) is 1. The third kappa shape index (κ3) is 2.36. The quantitative estimate of drug-likeness (QED) is 0.878. The number of aryl methyl sites for hydroxylation is 1. The van der Waals surface area contributed by atoms with E-state index in [1.165, 1.54) is 10.5 Å². The van der Waals surface area contributed by atoms with Crippen molar-refractivity contribution in [1.82, 2.24) is 14.1 Å². The molecule has 0 aromatic carbocycles. The zero-order valence-corrected chi connectivity index (χ0v) is 12.2. The summed E-state index contributed by atoms with van der Waals surface area (Å²) in [5, 5.41) is 3.99. The standard InChI is InChI=1S/C10H18N4O2S2/c1-3-14-6-9(10(11)12-14)18(15,16)13(2)8-4-5-17-7-8/h6,8H,3-5,7H2,1-2H3,(H2,11,12). The van der Waals surface area contributed by atoms with Crippen molar-refractivity contribution in [2.45, 2.75) is 30.8 Å². The van der Waals surface area contributed by atoms with Gasteiger partial charge in [0.2, 0.25) is 10.0 Å². The monoisotopic (exact) mass is 290 g/mol. The van der Waals surface area contributed by atoms with E-state index in [2.05, 4.69) is 5.10 Å². The first kappa shape index (κ1) is 13.7.